The fourth-order valence-corrected chi connectivity index (χ4v) is 3.35. The van der Waals surface area contributed by atoms with Crippen LogP contribution in [0.25, 0.3) is 5.69 Å². The summed E-state index contributed by atoms with van der Waals surface area (Å²) in [5.41, 5.74) is 3.52. The minimum absolute atomic E-state index is 0.245. The van der Waals surface area contributed by atoms with E-state index >= 15 is 0 Å². The standard InChI is InChI=1S/C17H16ClN5S/c1-11(2)15-12(9-20-17-14(8-19)16(18)22-24-17)10-23(21-15)13-6-4-3-5-7-13/h3-7,10-11,20H,9H2,1-2H3. The molecule has 0 saturated carbocycles. The Kier molecular flexibility index (Phi) is 4.84. The van der Waals surface area contributed by atoms with Gasteiger partial charge in [0.15, 0.2) is 5.15 Å². The summed E-state index contributed by atoms with van der Waals surface area (Å²) in [6, 6.07) is 12.1. The number of nitriles is 1. The fraction of sp³-hybridized carbons (Fsp3) is 0.235. The molecule has 0 saturated heterocycles. The number of benzene rings is 1. The molecule has 0 bridgehead atoms. The first-order valence-corrected chi connectivity index (χ1v) is 8.68. The van der Waals surface area contributed by atoms with Gasteiger partial charge in [-0.1, -0.05) is 43.6 Å². The van der Waals surface area contributed by atoms with Gasteiger partial charge in [-0.3, -0.25) is 0 Å². The van der Waals surface area contributed by atoms with Crippen molar-refractivity contribution < 1.29 is 0 Å². The van der Waals surface area contributed by atoms with E-state index in [1.807, 2.05) is 41.2 Å². The minimum atomic E-state index is 0.245. The zero-order valence-electron chi connectivity index (χ0n) is 13.3. The van der Waals surface area contributed by atoms with Gasteiger partial charge in [-0.25, -0.2) is 4.68 Å². The van der Waals surface area contributed by atoms with E-state index in [0.29, 0.717) is 23.0 Å². The van der Waals surface area contributed by atoms with Crippen molar-refractivity contribution in [2.45, 2.75) is 26.3 Å². The van der Waals surface area contributed by atoms with Crippen molar-refractivity contribution in [2.24, 2.45) is 0 Å². The Bertz CT molecular complexity index is 876. The van der Waals surface area contributed by atoms with E-state index in [1.165, 1.54) is 11.5 Å². The normalized spacial score (nSPS) is 10.8. The van der Waals surface area contributed by atoms with E-state index in [-0.39, 0.29) is 5.15 Å². The second-order valence-electron chi connectivity index (χ2n) is 5.62. The topological polar surface area (TPSA) is 66.5 Å². The monoisotopic (exact) mass is 357 g/mol. The lowest BCUT2D eigenvalue weighted by molar-refractivity contribution is 0.763. The highest BCUT2D eigenvalue weighted by atomic mass is 35.5. The van der Waals surface area contributed by atoms with Crippen LogP contribution in [-0.4, -0.2) is 14.2 Å². The van der Waals surface area contributed by atoms with Crippen LogP contribution in [-0.2, 0) is 6.54 Å². The molecule has 0 aliphatic rings. The Balaban J connectivity index is 1.87. The highest BCUT2D eigenvalue weighted by Gasteiger charge is 2.16. The third-order valence-corrected chi connectivity index (χ3v) is 4.77. The largest absolute Gasteiger partial charge is 0.370 e. The smallest absolute Gasteiger partial charge is 0.162 e. The second kappa shape index (κ2) is 7.04. The van der Waals surface area contributed by atoms with Crippen LogP contribution in [0.2, 0.25) is 5.15 Å². The van der Waals surface area contributed by atoms with Crippen molar-refractivity contribution in [3.8, 4) is 11.8 Å². The van der Waals surface area contributed by atoms with Gasteiger partial charge in [-0.15, -0.1) is 0 Å². The van der Waals surface area contributed by atoms with Gasteiger partial charge in [-0.05, 0) is 29.6 Å². The number of nitrogens with zero attached hydrogens (tertiary/aromatic N) is 4. The zero-order chi connectivity index (χ0) is 17.1. The van der Waals surface area contributed by atoms with Gasteiger partial charge in [0.05, 0.1) is 11.4 Å². The first kappa shape index (κ1) is 16.5. The molecule has 1 N–H and O–H groups in total. The van der Waals surface area contributed by atoms with Crippen molar-refractivity contribution >= 4 is 28.1 Å². The number of halogens is 1. The number of aromatic nitrogens is 3. The Morgan fingerprint density at radius 2 is 2.08 bits per heavy atom. The maximum Gasteiger partial charge on any atom is 0.162 e. The predicted molar refractivity (Wildman–Crippen MR) is 96.8 cm³/mol. The molecule has 24 heavy (non-hydrogen) atoms. The number of nitrogens with one attached hydrogen (secondary N) is 1. The van der Waals surface area contributed by atoms with Gasteiger partial charge in [0.25, 0.3) is 0 Å². The third-order valence-electron chi connectivity index (χ3n) is 3.59. The molecule has 2 heterocycles. The summed E-state index contributed by atoms with van der Waals surface area (Å²) >= 11 is 7.11. The van der Waals surface area contributed by atoms with Gasteiger partial charge in [-0.2, -0.15) is 14.7 Å². The molecule has 1 aromatic carbocycles. The highest BCUT2D eigenvalue weighted by molar-refractivity contribution is 7.10. The van der Waals surface area contributed by atoms with Crippen molar-refractivity contribution in [3.05, 3.63) is 58.5 Å². The summed E-state index contributed by atoms with van der Waals surface area (Å²) < 4.78 is 5.90. The molecule has 5 nitrogen and oxygen atoms in total. The van der Waals surface area contributed by atoms with Gasteiger partial charge < -0.3 is 5.32 Å². The molecule has 7 heteroatoms. The fourth-order valence-electron chi connectivity index (χ4n) is 2.42. The number of anilines is 1. The quantitative estimate of drug-likeness (QED) is 0.725. The van der Waals surface area contributed by atoms with Crippen molar-refractivity contribution in [1.82, 2.24) is 14.2 Å². The van der Waals surface area contributed by atoms with Crippen LogP contribution in [0.1, 0.15) is 36.6 Å². The first-order chi connectivity index (χ1) is 11.6. The first-order valence-electron chi connectivity index (χ1n) is 7.53. The summed E-state index contributed by atoms with van der Waals surface area (Å²) in [5, 5.41) is 18.1. The van der Waals surface area contributed by atoms with Crippen LogP contribution >= 0.6 is 23.1 Å². The summed E-state index contributed by atoms with van der Waals surface area (Å²) in [7, 11) is 0. The van der Waals surface area contributed by atoms with E-state index in [1.54, 1.807) is 0 Å². The lowest BCUT2D eigenvalue weighted by Gasteiger charge is -2.06. The van der Waals surface area contributed by atoms with Crippen molar-refractivity contribution in [3.63, 3.8) is 0 Å². The average molecular weight is 358 g/mol. The molecule has 0 unspecified atom stereocenters. The van der Waals surface area contributed by atoms with Gasteiger partial charge in [0, 0.05) is 18.3 Å². The number of para-hydroxylation sites is 1. The molecule has 122 valence electrons. The summed E-state index contributed by atoms with van der Waals surface area (Å²) in [6.07, 6.45) is 2.02. The van der Waals surface area contributed by atoms with Crippen LogP contribution in [0.4, 0.5) is 5.00 Å². The molecule has 3 rings (SSSR count). The van der Waals surface area contributed by atoms with Crippen LogP contribution in [0.5, 0.6) is 0 Å². The van der Waals surface area contributed by atoms with Crippen molar-refractivity contribution in [1.29, 1.82) is 5.26 Å². The molecular formula is C17H16ClN5S. The molecule has 0 amide bonds. The maximum absolute atomic E-state index is 9.16. The van der Waals surface area contributed by atoms with Gasteiger partial charge in [0.1, 0.15) is 16.6 Å². The average Bonchev–Trinajstić information content (AvgIpc) is 3.17. The predicted octanol–water partition coefficient (Wildman–Crippen LogP) is 4.59. The van der Waals surface area contributed by atoms with E-state index in [9.17, 15) is 0 Å². The SMILES string of the molecule is CC(C)c1nn(-c2ccccc2)cc1CNc1snc(Cl)c1C#N. The van der Waals surface area contributed by atoms with Crippen LogP contribution in [0.15, 0.2) is 36.5 Å². The molecular weight excluding hydrogens is 342 g/mol. The lowest BCUT2D eigenvalue weighted by Crippen LogP contribution is -2.02. The number of rotatable bonds is 5. The molecule has 0 aliphatic carbocycles. The summed E-state index contributed by atoms with van der Waals surface area (Å²) in [6.45, 7) is 4.80. The molecule has 0 aliphatic heterocycles. The minimum Gasteiger partial charge on any atom is -0.370 e. The van der Waals surface area contributed by atoms with E-state index < -0.39 is 0 Å². The summed E-state index contributed by atoms with van der Waals surface area (Å²) in [4.78, 5) is 0. The molecule has 0 fully saturated rings. The second-order valence-corrected chi connectivity index (χ2v) is 6.75. The van der Waals surface area contributed by atoms with Crippen molar-refractivity contribution in [2.75, 3.05) is 5.32 Å². The summed E-state index contributed by atoms with van der Waals surface area (Å²) in [5.74, 6) is 0.298. The molecule has 0 atom stereocenters. The van der Waals surface area contributed by atoms with E-state index in [2.05, 4.69) is 29.6 Å². The van der Waals surface area contributed by atoms with Crippen LogP contribution in [0.3, 0.4) is 0 Å². The highest BCUT2D eigenvalue weighted by Crippen LogP contribution is 2.29. The maximum atomic E-state index is 9.16. The van der Waals surface area contributed by atoms with E-state index in [4.69, 9.17) is 22.0 Å². The zero-order valence-corrected chi connectivity index (χ0v) is 14.9. The number of hydrogen-bond donors (Lipinski definition) is 1. The van der Waals surface area contributed by atoms with E-state index in [0.717, 1.165) is 16.9 Å². The Morgan fingerprint density at radius 3 is 2.75 bits per heavy atom. The Morgan fingerprint density at radius 1 is 1.33 bits per heavy atom. The van der Waals surface area contributed by atoms with Crippen LogP contribution in [0, 0.1) is 11.3 Å². The molecule has 0 spiro atoms. The molecule has 2 aromatic heterocycles. The Hall–Kier alpha value is -2.36. The van der Waals surface area contributed by atoms with Crippen LogP contribution < -0.4 is 5.32 Å². The lowest BCUT2D eigenvalue weighted by atomic mass is 10.1. The van der Waals surface area contributed by atoms with Gasteiger partial charge >= 0.3 is 0 Å². The molecule has 3 aromatic rings. The third kappa shape index (κ3) is 3.28. The Labute approximate surface area is 149 Å². The van der Waals surface area contributed by atoms with Gasteiger partial charge in [0.2, 0.25) is 0 Å². The number of hydrogen-bond acceptors (Lipinski definition) is 5. The molecule has 0 radical (unpaired) electrons.